The molecule has 7 nitrogen and oxygen atoms in total. The van der Waals surface area contributed by atoms with Crippen molar-refractivity contribution >= 4 is 16.1 Å². The summed E-state index contributed by atoms with van der Waals surface area (Å²) in [5.41, 5.74) is 5.76. The van der Waals surface area contributed by atoms with Crippen molar-refractivity contribution in [2.24, 2.45) is 5.73 Å². The topological polar surface area (TPSA) is 105 Å². The quantitative estimate of drug-likeness (QED) is 0.428. The van der Waals surface area contributed by atoms with E-state index in [0.717, 1.165) is 7.11 Å². The molecule has 0 aromatic heterocycles. The Hall–Kier alpha value is -0.700. The first-order chi connectivity index (χ1) is 7.44. The Kier molecular flexibility index (Phi) is 1.80. The number of nitrogens with two attached hydrogens (primary N) is 1. The van der Waals surface area contributed by atoms with Gasteiger partial charge in [0.1, 0.15) is 12.2 Å². The first-order valence-electron chi connectivity index (χ1n) is 4.86. The van der Waals surface area contributed by atoms with E-state index in [-0.39, 0.29) is 6.42 Å². The summed E-state index contributed by atoms with van der Waals surface area (Å²) in [7, 11) is -2.87. The highest BCUT2D eigenvalue weighted by atomic mass is 32.2. The number of esters is 1. The van der Waals surface area contributed by atoms with E-state index in [1.807, 2.05) is 0 Å². The van der Waals surface area contributed by atoms with Crippen LogP contribution < -0.4 is 5.73 Å². The molecule has 3 fully saturated rings. The first-order valence-corrected chi connectivity index (χ1v) is 6.27. The molecule has 5 unspecified atom stereocenters. The summed E-state index contributed by atoms with van der Waals surface area (Å²) < 4.78 is 36.9. The second kappa shape index (κ2) is 2.76. The predicted octanol–water partition coefficient (Wildman–Crippen LogP) is -1.87. The molecule has 2 N–H and O–H groups in total. The summed E-state index contributed by atoms with van der Waals surface area (Å²) in [4.78, 5) is 11.7. The van der Waals surface area contributed by atoms with Crippen molar-refractivity contribution in [3.8, 4) is 0 Å². The summed E-state index contributed by atoms with van der Waals surface area (Å²) in [6.07, 6.45) is -2.02. The third-order valence-corrected chi connectivity index (χ3v) is 5.54. The minimum absolute atomic E-state index is 0.0182. The second-order valence-electron chi connectivity index (χ2n) is 4.27. The number of fused-ring (bicyclic) bond motifs is 1. The Morgan fingerprint density at radius 2 is 2.25 bits per heavy atom. The van der Waals surface area contributed by atoms with Crippen LogP contribution in [0.15, 0.2) is 0 Å². The summed E-state index contributed by atoms with van der Waals surface area (Å²) in [6.45, 7) is 0. The summed E-state index contributed by atoms with van der Waals surface area (Å²) in [6, 6.07) is -0.500. The van der Waals surface area contributed by atoms with Gasteiger partial charge < -0.3 is 15.2 Å². The molecule has 3 rings (SSSR count). The van der Waals surface area contributed by atoms with Crippen LogP contribution in [0.3, 0.4) is 0 Å². The fourth-order valence-corrected chi connectivity index (χ4v) is 4.63. The zero-order valence-corrected chi connectivity index (χ0v) is 9.27. The van der Waals surface area contributed by atoms with Gasteiger partial charge in [-0.05, 0) is 0 Å². The average molecular weight is 249 g/mol. The van der Waals surface area contributed by atoms with Crippen molar-refractivity contribution in [2.45, 2.75) is 35.5 Å². The van der Waals surface area contributed by atoms with Crippen LogP contribution in [0.4, 0.5) is 0 Å². The first kappa shape index (κ1) is 10.5. The van der Waals surface area contributed by atoms with Crippen LogP contribution in [0.25, 0.3) is 0 Å². The fourth-order valence-electron chi connectivity index (χ4n) is 2.81. The summed E-state index contributed by atoms with van der Waals surface area (Å²) in [5.74, 6) is -0.825. The van der Waals surface area contributed by atoms with Crippen LogP contribution in [0, 0.1) is 0 Å². The average Bonchev–Trinajstić information content (AvgIpc) is 2.79. The lowest BCUT2D eigenvalue weighted by Gasteiger charge is -2.24. The zero-order chi connectivity index (χ0) is 11.7. The number of ether oxygens (including phenoxy) is 2. The van der Waals surface area contributed by atoms with Crippen molar-refractivity contribution in [2.75, 3.05) is 7.11 Å². The molecule has 3 aliphatic rings. The number of carbonyl (C=O) groups excluding carboxylic acids is 1. The molecule has 0 aromatic rings. The molecule has 90 valence electrons. The molecule has 0 aromatic carbocycles. The van der Waals surface area contributed by atoms with Gasteiger partial charge in [-0.25, -0.2) is 0 Å². The summed E-state index contributed by atoms with van der Waals surface area (Å²) in [5, 5.41) is 0. The molecule has 0 saturated carbocycles. The van der Waals surface area contributed by atoms with Gasteiger partial charge in [0.05, 0.1) is 19.3 Å². The van der Waals surface area contributed by atoms with E-state index < -0.39 is 45.2 Å². The highest BCUT2D eigenvalue weighted by molar-refractivity contribution is 7.89. The van der Waals surface area contributed by atoms with Gasteiger partial charge in [-0.15, -0.1) is 0 Å². The van der Waals surface area contributed by atoms with Gasteiger partial charge in [0.15, 0.2) is 0 Å². The van der Waals surface area contributed by atoms with Crippen LogP contribution >= 0.6 is 0 Å². The molecule has 3 heterocycles. The van der Waals surface area contributed by atoms with Crippen molar-refractivity contribution < 1.29 is 26.9 Å². The van der Waals surface area contributed by atoms with Crippen LogP contribution in [-0.4, -0.2) is 50.6 Å². The Bertz CT molecular complexity index is 461. The maximum absolute atomic E-state index is 11.9. The van der Waals surface area contributed by atoms with E-state index in [9.17, 15) is 13.2 Å². The molecule has 3 aliphatic heterocycles. The lowest BCUT2D eigenvalue weighted by atomic mass is 9.83. The molecule has 8 heteroatoms. The molecule has 3 saturated heterocycles. The van der Waals surface area contributed by atoms with Gasteiger partial charge in [0.25, 0.3) is 10.1 Å². The smallest absolute Gasteiger partial charge is 0.332 e. The van der Waals surface area contributed by atoms with Crippen molar-refractivity contribution in [1.29, 1.82) is 0 Å². The van der Waals surface area contributed by atoms with Crippen molar-refractivity contribution in [3.63, 3.8) is 0 Å². The van der Waals surface area contributed by atoms with E-state index in [1.165, 1.54) is 0 Å². The van der Waals surface area contributed by atoms with Crippen LogP contribution in [0.5, 0.6) is 0 Å². The molecule has 2 bridgehead atoms. The molecule has 0 radical (unpaired) electrons. The van der Waals surface area contributed by atoms with Crippen molar-refractivity contribution in [1.82, 2.24) is 0 Å². The highest BCUT2D eigenvalue weighted by Gasteiger charge is 2.78. The predicted molar refractivity (Wildman–Crippen MR) is 49.8 cm³/mol. The SMILES string of the molecule is COC(=O)C12CC3OC1C(OS2(=O)=O)C3N. The lowest BCUT2D eigenvalue weighted by Crippen LogP contribution is -2.55. The Balaban J connectivity index is 2.16. The van der Waals surface area contributed by atoms with Gasteiger partial charge in [-0.1, -0.05) is 0 Å². The summed E-state index contributed by atoms with van der Waals surface area (Å²) >= 11 is 0. The van der Waals surface area contributed by atoms with Gasteiger partial charge in [0, 0.05) is 6.42 Å². The maximum atomic E-state index is 11.9. The Labute approximate surface area is 92.0 Å². The molecule has 5 atom stereocenters. The largest absolute Gasteiger partial charge is 0.468 e. The molecular formula is C8H11NO6S. The second-order valence-corrected chi connectivity index (χ2v) is 6.10. The van der Waals surface area contributed by atoms with E-state index in [2.05, 4.69) is 4.74 Å². The van der Waals surface area contributed by atoms with Crippen LogP contribution in [0.2, 0.25) is 0 Å². The molecule has 0 spiro atoms. The molecule has 0 aliphatic carbocycles. The van der Waals surface area contributed by atoms with Crippen molar-refractivity contribution in [3.05, 3.63) is 0 Å². The van der Waals surface area contributed by atoms with E-state index in [0.29, 0.717) is 0 Å². The molecule has 16 heavy (non-hydrogen) atoms. The minimum Gasteiger partial charge on any atom is -0.468 e. The Morgan fingerprint density at radius 1 is 1.56 bits per heavy atom. The van der Waals surface area contributed by atoms with E-state index in [4.69, 9.17) is 14.7 Å². The zero-order valence-electron chi connectivity index (χ0n) is 8.45. The number of rotatable bonds is 1. The monoisotopic (exact) mass is 249 g/mol. The van der Waals surface area contributed by atoms with E-state index >= 15 is 0 Å². The lowest BCUT2D eigenvalue weighted by molar-refractivity contribution is -0.145. The third-order valence-electron chi connectivity index (χ3n) is 3.61. The van der Waals surface area contributed by atoms with Crippen LogP contribution in [-0.2, 0) is 28.6 Å². The number of hydrogen-bond donors (Lipinski definition) is 1. The van der Waals surface area contributed by atoms with Gasteiger partial charge >= 0.3 is 5.97 Å². The fraction of sp³-hybridized carbons (Fsp3) is 0.875. The number of hydrogen-bond acceptors (Lipinski definition) is 7. The highest BCUT2D eigenvalue weighted by Crippen LogP contribution is 2.53. The van der Waals surface area contributed by atoms with Gasteiger partial charge in [0.2, 0.25) is 4.75 Å². The van der Waals surface area contributed by atoms with Crippen LogP contribution in [0.1, 0.15) is 6.42 Å². The van der Waals surface area contributed by atoms with Gasteiger partial charge in [-0.3, -0.25) is 8.98 Å². The standard InChI is InChI=1S/C8H11NO6S/c1-13-7(10)8-2-3-4(9)5(6(8)14-3)15-16(8,11)12/h3-6H,2,9H2,1H3. The maximum Gasteiger partial charge on any atom is 0.332 e. The normalized spacial score (nSPS) is 51.9. The number of carbonyl (C=O) groups is 1. The minimum atomic E-state index is -4.02. The Morgan fingerprint density at radius 3 is 2.81 bits per heavy atom. The van der Waals surface area contributed by atoms with Gasteiger partial charge in [-0.2, -0.15) is 8.42 Å². The molecule has 0 amide bonds. The molecular weight excluding hydrogens is 238 g/mol. The third kappa shape index (κ3) is 0.863. The number of methoxy groups -OCH3 is 1. The van der Waals surface area contributed by atoms with E-state index in [1.54, 1.807) is 0 Å².